The van der Waals surface area contributed by atoms with E-state index < -0.39 is 0 Å². The van der Waals surface area contributed by atoms with Crippen LogP contribution in [0.4, 0.5) is 0 Å². The topological polar surface area (TPSA) is 46.0 Å². The first-order valence-corrected chi connectivity index (χ1v) is 4.00. The minimum absolute atomic E-state index is 0.191. The lowest BCUT2D eigenvalue weighted by Crippen LogP contribution is -2.00. The van der Waals surface area contributed by atoms with Crippen LogP contribution in [0.3, 0.4) is 0 Å². The average Bonchev–Trinajstić information content (AvgIpc) is 2.53. The Kier molecular flexibility index (Phi) is 1.77. The number of aromatic nitrogens is 1. The lowest BCUT2D eigenvalue weighted by atomic mass is 10.1. The van der Waals surface area contributed by atoms with Crippen LogP contribution in [0.5, 0.6) is 0 Å². The molecule has 1 heterocycles. The molecule has 0 aliphatic rings. The number of aromatic amines is 1. The van der Waals surface area contributed by atoms with Gasteiger partial charge in [0.2, 0.25) is 0 Å². The molecule has 2 rings (SSSR count). The Hall–Kier alpha value is -1.77. The Labute approximate surface area is 75.0 Å². The van der Waals surface area contributed by atoms with Crippen molar-refractivity contribution < 1.29 is 4.52 Å². The standard InChI is InChI=1S/C10H9NO2/c1-7-2-4-8(5-3-7)9-6-13-11-10(9)12/h2-6H,1H3,(H,11,12). The third kappa shape index (κ3) is 1.40. The maximum absolute atomic E-state index is 11.2. The van der Waals surface area contributed by atoms with Gasteiger partial charge in [0.05, 0.1) is 5.56 Å². The molecule has 3 nitrogen and oxygen atoms in total. The molecule has 0 aliphatic carbocycles. The minimum Gasteiger partial charge on any atom is -0.386 e. The number of hydrogen-bond acceptors (Lipinski definition) is 2. The Balaban J connectivity index is 2.54. The monoisotopic (exact) mass is 175 g/mol. The van der Waals surface area contributed by atoms with Crippen molar-refractivity contribution in [2.24, 2.45) is 0 Å². The van der Waals surface area contributed by atoms with Gasteiger partial charge in [-0.15, -0.1) is 0 Å². The lowest BCUT2D eigenvalue weighted by molar-refractivity contribution is 0.414. The van der Waals surface area contributed by atoms with Crippen LogP contribution < -0.4 is 5.56 Å². The van der Waals surface area contributed by atoms with Crippen molar-refractivity contribution >= 4 is 0 Å². The molecule has 2 aromatic rings. The molecule has 0 bridgehead atoms. The van der Waals surface area contributed by atoms with E-state index >= 15 is 0 Å². The molecule has 0 radical (unpaired) electrons. The van der Waals surface area contributed by atoms with Gasteiger partial charge in [0.25, 0.3) is 5.56 Å². The summed E-state index contributed by atoms with van der Waals surface area (Å²) in [7, 11) is 0. The molecule has 1 aromatic heterocycles. The van der Waals surface area contributed by atoms with Crippen LogP contribution in [0.1, 0.15) is 5.56 Å². The molecular formula is C10H9NO2. The summed E-state index contributed by atoms with van der Waals surface area (Å²) in [6, 6.07) is 7.72. The number of H-pyrrole nitrogens is 1. The fraction of sp³-hybridized carbons (Fsp3) is 0.100. The predicted molar refractivity (Wildman–Crippen MR) is 49.5 cm³/mol. The minimum atomic E-state index is -0.191. The molecule has 0 fully saturated rings. The van der Waals surface area contributed by atoms with Crippen molar-refractivity contribution in [2.75, 3.05) is 0 Å². The van der Waals surface area contributed by atoms with E-state index in [9.17, 15) is 4.79 Å². The van der Waals surface area contributed by atoms with E-state index in [2.05, 4.69) is 5.16 Å². The van der Waals surface area contributed by atoms with E-state index in [1.807, 2.05) is 31.2 Å². The average molecular weight is 175 g/mol. The van der Waals surface area contributed by atoms with Crippen molar-refractivity contribution in [3.05, 3.63) is 46.4 Å². The fourth-order valence-corrected chi connectivity index (χ4v) is 1.18. The highest BCUT2D eigenvalue weighted by atomic mass is 16.5. The summed E-state index contributed by atoms with van der Waals surface area (Å²) in [6.07, 6.45) is 1.42. The van der Waals surface area contributed by atoms with E-state index in [1.165, 1.54) is 11.8 Å². The van der Waals surface area contributed by atoms with Gasteiger partial charge in [-0.2, -0.15) is 5.16 Å². The molecule has 13 heavy (non-hydrogen) atoms. The summed E-state index contributed by atoms with van der Waals surface area (Å²) in [6.45, 7) is 2.00. The lowest BCUT2D eigenvalue weighted by Gasteiger charge is -1.94. The van der Waals surface area contributed by atoms with Gasteiger partial charge in [-0.1, -0.05) is 29.8 Å². The molecule has 0 unspecified atom stereocenters. The number of nitrogens with one attached hydrogen (secondary N) is 1. The van der Waals surface area contributed by atoms with Gasteiger partial charge in [0.1, 0.15) is 6.26 Å². The number of rotatable bonds is 1. The normalized spacial score (nSPS) is 10.2. The smallest absolute Gasteiger partial charge is 0.287 e. The van der Waals surface area contributed by atoms with Gasteiger partial charge in [-0.3, -0.25) is 4.79 Å². The van der Waals surface area contributed by atoms with Gasteiger partial charge < -0.3 is 4.52 Å². The Bertz CT molecular complexity index is 450. The molecular weight excluding hydrogens is 166 g/mol. The maximum Gasteiger partial charge on any atom is 0.287 e. The van der Waals surface area contributed by atoms with E-state index in [-0.39, 0.29) is 5.56 Å². The summed E-state index contributed by atoms with van der Waals surface area (Å²) in [4.78, 5) is 11.2. The van der Waals surface area contributed by atoms with Gasteiger partial charge in [0.15, 0.2) is 0 Å². The second kappa shape index (κ2) is 2.94. The zero-order valence-corrected chi connectivity index (χ0v) is 7.20. The summed E-state index contributed by atoms with van der Waals surface area (Å²) in [5.41, 5.74) is 2.42. The Morgan fingerprint density at radius 1 is 1.23 bits per heavy atom. The molecule has 0 aliphatic heterocycles. The highest BCUT2D eigenvalue weighted by molar-refractivity contribution is 5.61. The third-order valence-electron chi connectivity index (χ3n) is 1.94. The zero-order valence-electron chi connectivity index (χ0n) is 7.20. The molecule has 0 atom stereocenters. The highest BCUT2D eigenvalue weighted by Gasteiger charge is 2.03. The molecule has 0 spiro atoms. The van der Waals surface area contributed by atoms with E-state index in [0.717, 1.165) is 5.56 Å². The molecule has 0 amide bonds. The predicted octanol–water partition coefficient (Wildman–Crippen LogP) is 1.94. The number of aryl methyl sites for hydroxylation is 1. The van der Waals surface area contributed by atoms with Gasteiger partial charge in [0, 0.05) is 0 Å². The summed E-state index contributed by atoms with van der Waals surface area (Å²) >= 11 is 0. The second-order valence-electron chi connectivity index (χ2n) is 2.95. The quantitative estimate of drug-likeness (QED) is 0.719. The van der Waals surface area contributed by atoms with Gasteiger partial charge in [-0.25, -0.2) is 0 Å². The van der Waals surface area contributed by atoms with Crippen molar-refractivity contribution in [1.82, 2.24) is 5.16 Å². The largest absolute Gasteiger partial charge is 0.386 e. The van der Waals surface area contributed by atoms with Gasteiger partial charge in [-0.05, 0) is 12.5 Å². The van der Waals surface area contributed by atoms with Gasteiger partial charge >= 0.3 is 0 Å². The fourth-order valence-electron chi connectivity index (χ4n) is 1.18. The Morgan fingerprint density at radius 2 is 1.92 bits per heavy atom. The SMILES string of the molecule is Cc1ccc(-c2co[nH]c2=O)cc1. The summed E-state index contributed by atoms with van der Waals surface area (Å²) < 4.78 is 4.69. The van der Waals surface area contributed by atoms with Crippen LogP contribution in [0.25, 0.3) is 11.1 Å². The van der Waals surface area contributed by atoms with Crippen LogP contribution in [0.2, 0.25) is 0 Å². The van der Waals surface area contributed by atoms with Crippen molar-refractivity contribution in [2.45, 2.75) is 6.92 Å². The third-order valence-corrected chi connectivity index (χ3v) is 1.94. The first-order valence-electron chi connectivity index (χ1n) is 4.00. The molecule has 1 aromatic carbocycles. The zero-order chi connectivity index (χ0) is 9.26. The van der Waals surface area contributed by atoms with Crippen LogP contribution >= 0.6 is 0 Å². The summed E-state index contributed by atoms with van der Waals surface area (Å²) in [5.74, 6) is 0. The Morgan fingerprint density at radius 3 is 2.46 bits per heavy atom. The maximum atomic E-state index is 11.2. The highest BCUT2D eigenvalue weighted by Crippen LogP contribution is 2.14. The van der Waals surface area contributed by atoms with E-state index in [0.29, 0.717) is 5.56 Å². The van der Waals surface area contributed by atoms with Crippen molar-refractivity contribution in [3.63, 3.8) is 0 Å². The molecule has 0 saturated carbocycles. The van der Waals surface area contributed by atoms with E-state index in [1.54, 1.807) is 0 Å². The van der Waals surface area contributed by atoms with Crippen LogP contribution in [-0.2, 0) is 0 Å². The first kappa shape index (κ1) is 7.86. The molecule has 3 heteroatoms. The first-order chi connectivity index (χ1) is 6.27. The number of benzene rings is 1. The summed E-state index contributed by atoms with van der Waals surface area (Å²) in [5, 5.41) is 2.25. The molecule has 1 N–H and O–H groups in total. The van der Waals surface area contributed by atoms with E-state index in [4.69, 9.17) is 4.52 Å². The number of hydrogen-bond donors (Lipinski definition) is 1. The van der Waals surface area contributed by atoms with Crippen LogP contribution in [-0.4, -0.2) is 5.16 Å². The molecule has 0 saturated heterocycles. The van der Waals surface area contributed by atoms with Crippen LogP contribution in [0.15, 0.2) is 39.8 Å². The molecule has 66 valence electrons. The van der Waals surface area contributed by atoms with Crippen molar-refractivity contribution in [1.29, 1.82) is 0 Å². The van der Waals surface area contributed by atoms with Crippen LogP contribution in [0, 0.1) is 6.92 Å². The van der Waals surface area contributed by atoms with Crippen molar-refractivity contribution in [3.8, 4) is 11.1 Å². The second-order valence-corrected chi connectivity index (χ2v) is 2.95.